The normalized spacial score (nSPS) is 25.9. The van der Waals surface area contributed by atoms with Crippen molar-refractivity contribution in [2.45, 2.75) is 96.3 Å². The first-order valence-corrected chi connectivity index (χ1v) is 19.4. The fraction of sp³-hybridized carbons (Fsp3) is 0.514. The molecule has 3 aliphatic heterocycles. The number of nitrogens with zero attached hydrogens (tertiary/aromatic N) is 2. The molecule has 0 saturated carbocycles. The Hall–Kier alpha value is -3.27. The molecule has 248 valence electrons. The van der Waals surface area contributed by atoms with Crippen LogP contribution in [0.5, 0.6) is 5.75 Å². The monoisotopic (exact) mass is 648 g/mol. The highest BCUT2D eigenvalue weighted by molar-refractivity contribution is 6.72. The molecule has 1 N–H and O–H groups in total. The number of hydrogen-bond donors (Lipinski definition) is 1. The van der Waals surface area contributed by atoms with E-state index in [1.54, 1.807) is 30.0 Å². The van der Waals surface area contributed by atoms with Gasteiger partial charge in [-0.15, -0.1) is 0 Å². The van der Waals surface area contributed by atoms with Crippen LogP contribution in [0.2, 0.25) is 18.6 Å². The Labute approximate surface area is 274 Å². The van der Waals surface area contributed by atoms with Crippen LogP contribution in [0.25, 0.3) is 0 Å². The third-order valence-electron chi connectivity index (χ3n) is 10.1. The lowest BCUT2D eigenvalue weighted by atomic mass is 9.82. The number of aliphatic hydroxyl groups is 1. The largest absolute Gasteiger partial charge is 0.497 e. The number of ether oxygens (including phenoxy) is 2. The highest BCUT2D eigenvalue weighted by atomic mass is 28.4. The van der Waals surface area contributed by atoms with Crippen molar-refractivity contribution in [3.8, 4) is 5.75 Å². The number of anilines is 1. The van der Waals surface area contributed by atoms with Gasteiger partial charge in [-0.05, 0) is 82.5 Å². The van der Waals surface area contributed by atoms with Crippen molar-refractivity contribution in [3.63, 3.8) is 0 Å². The van der Waals surface area contributed by atoms with E-state index in [0.29, 0.717) is 30.8 Å². The van der Waals surface area contributed by atoms with E-state index in [1.165, 1.54) is 11.1 Å². The Bertz CT molecular complexity index is 1530. The molecule has 0 radical (unpaired) electrons. The third-order valence-corrected chi connectivity index (χ3v) is 12.6. The molecule has 1 saturated heterocycles. The molecule has 5 rings (SSSR count). The summed E-state index contributed by atoms with van der Waals surface area (Å²) < 4.78 is 28.8. The topological polar surface area (TPSA) is 79.3 Å². The minimum absolute atomic E-state index is 0.0638. The fourth-order valence-corrected chi connectivity index (χ4v) is 10.3. The predicted molar refractivity (Wildman–Crippen MR) is 182 cm³/mol. The Kier molecular flexibility index (Phi) is 9.96. The SMILES string of the molecule is COc1ccc2c(c1)[C@@]1(O[C@H](CC(=O)N3Cc4ccccc4C[C@H]3CO)[C@@H]([Si](C)(C)F)[C@@H]1C)C(=O)N2C/C=C(\C)CCC=C(C)C. The zero-order valence-corrected chi connectivity index (χ0v) is 29.3. The number of amides is 2. The van der Waals surface area contributed by atoms with E-state index in [1.807, 2.05) is 49.4 Å². The van der Waals surface area contributed by atoms with Crippen LogP contribution in [0.3, 0.4) is 0 Å². The Morgan fingerprint density at radius 2 is 1.87 bits per heavy atom. The van der Waals surface area contributed by atoms with Crippen molar-refractivity contribution in [2.24, 2.45) is 5.92 Å². The average molecular weight is 649 g/mol. The Balaban J connectivity index is 1.48. The lowest BCUT2D eigenvalue weighted by Crippen LogP contribution is -2.48. The van der Waals surface area contributed by atoms with Crippen LogP contribution in [0.4, 0.5) is 9.80 Å². The van der Waals surface area contributed by atoms with Crippen LogP contribution >= 0.6 is 0 Å². The first kappa shape index (κ1) is 34.1. The number of rotatable bonds is 10. The van der Waals surface area contributed by atoms with Gasteiger partial charge in [-0.1, -0.05) is 54.5 Å². The lowest BCUT2D eigenvalue weighted by molar-refractivity contribution is -0.150. The molecule has 7 nitrogen and oxygen atoms in total. The van der Waals surface area contributed by atoms with Crippen LogP contribution < -0.4 is 9.64 Å². The number of carbonyl (C=O) groups excluding carboxylic acids is 2. The molecule has 0 aromatic heterocycles. The number of aliphatic hydroxyl groups excluding tert-OH is 1. The molecule has 3 aliphatic rings. The molecule has 2 aromatic rings. The van der Waals surface area contributed by atoms with Gasteiger partial charge in [0, 0.05) is 30.1 Å². The Morgan fingerprint density at radius 1 is 1.15 bits per heavy atom. The van der Waals surface area contributed by atoms with Gasteiger partial charge in [0.05, 0.1) is 38.0 Å². The predicted octanol–water partition coefficient (Wildman–Crippen LogP) is 6.85. The number of hydrogen-bond acceptors (Lipinski definition) is 5. The van der Waals surface area contributed by atoms with Gasteiger partial charge >= 0.3 is 0 Å². The second kappa shape index (κ2) is 13.5. The van der Waals surface area contributed by atoms with Crippen molar-refractivity contribution in [1.82, 2.24) is 4.90 Å². The molecule has 0 unspecified atom stereocenters. The molecule has 3 heterocycles. The molecular weight excluding hydrogens is 600 g/mol. The molecular formula is C37H49FN2O5Si. The molecule has 1 fully saturated rings. The maximum absolute atomic E-state index is 16.4. The van der Waals surface area contributed by atoms with Crippen molar-refractivity contribution in [3.05, 3.63) is 82.5 Å². The summed E-state index contributed by atoms with van der Waals surface area (Å²) in [7, 11) is -1.88. The van der Waals surface area contributed by atoms with E-state index in [9.17, 15) is 14.7 Å². The second-order valence-corrected chi connectivity index (χ2v) is 17.8. The van der Waals surface area contributed by atoms with Gasteiger partial charge in [0.2, 0.25) is 14.3 Å². The summed E-state index contributed by atoms with van der Waals surface area (Å²) in [4.78, 5) is 32.1. The molecule has 5 atom stereocenters. The molecule has 0 bridgehead atoms. The third kappa shape index (κ3) is 6.34. The molecule has 1 spiro atoms. The Morgan fingerprint density at radius 3 is 2.52 bits per heavy atom. The van der Waals surface area contributed by atoms with E-state index >= 15 is 4.11 Å². The van der Waals surface area contributed by atoms with Gasteiger partial charge in [0.1, 0.15) is 5.75 Å². The van der Waals surface area contributed by atoms with E-state index in [0.717, 1.165) is 29.7 Å². The summed E-state index contributed by atoms with van der Waals surface area (Å²) in [6.07, 6.45) is 5.81. The van der Waals surface area contributed by atoms with Gasteiger partial charge in [-0.3, -0.25) is 9.59 Å². The second-order valence-electron chi connectivity index (χ2n) is 14.0. The number of allylic oxidation sites excluding steroid dienone is 3. The van der Waals surface area contributed by atoms with Crippen LogP contribution in [0.1, 0.15) is 63.6 Å². The summed E-state index contributed by atoms with van der Waals surface area (Å²) in [5.74, 6) is -0.356. The number of methoxy groups -OCH3 is 1. The quantitative estimate of drug-likeness (QED) is 0.173. The lowest BCUT2D eigenvalue weighted by Gasteiger charge is -2.37. The summed E-state index contributed by atoms with van der Waals surface area (Å²) in [6, 6.07) is 13.1. The highest BCUT2D eigenvalue weighted by Crippen LogP contribution is 2.60. The standard InChI is InChI=1S/C37H49FN2O5Si/c1-24(2)11-10-12-25(3)17-18-39-32-16-15-30(44-5)20-31(32)37(36(39)43)26(4)35(46(6,7)38)33(45-37)21-34(42)40-22-28-14-9-8-13-27(28)19-29(40)23-41/h8-9,11,13-17,20,26,29,33,35,41H,10,12,18-19,21-23H2,1-7H3/b25-17+/t26-,29-,33+,35-,37+/m0/s1. The maximum Gasteiger partial charge on any atom is 0.264 e. The maximum atomic E-state index is 16.4. The average Bonchev–Trinajstić information content (AvgIpc) is 3.44. The zero-order chi connectivity index (χ0) is 33.4. The summed E-state index contributed by atoms with van der Waals surface area (Å²) >= 11 is 0. The van der Waals surface area contributed by atoms with Crippen LogP contribution in [-0.4, -0.2) is 62.6 Å². The van der Waals surface area contributed by atoms with Gasteiger partial charge in [0.15, 0.2) is 5.60 Å². The van der Waals surface area contributed by atoms with Crippen LogP contribution in [0.15, 0.2) is 65.8 Å². The first-order chi connectivity index (χ1) is 21.8. The number of fused-ring (bicyclic) bond motifs is 3. The smallest absolute Gasteiger partial charge is 0.264 e. The van der Waals surface area contributed by atoms with Crippen molar-refractivity contribution < 1.29 is 28.3 Å². The minimum atomic E-state index is -3.46. The summed E-state index contributed by atoms with van der Waals surface area (Å²) in [5, 5.41) is 10.2. The first-order valence-electron chi connectivity index (χ1n) is 16.4. The van der Waals surface area contributed by atoms with Crippen LogP contribution in [-0.2, 0) is 32.9 Å². The molecule has 9 heteroatoms. The molecule has 2 aromatic carbocycles. The highest BCUT2D eigenvalue weighted by Gasteiger charge is 2.67. The van der Waals surface area contributed by atoms with E-state index in [2.05, 4.69) is 32.9 Å². The van der Waals surface area contributed by atoms with Crippen molar-refractivity contribution in [2.75, 3.05) is 25.2 Å². The molecule has 2 amide bonds. The van der Waals surface area contributed by atoms with E-state index < -0.39 is 31.6 Å². The number of halogens is 1. The number of carbonyl (C=O) groups is 2. The zero-order valence-electron chi connectivity index (χ0n) is 28.3. The summed E-state index contributed by atoms with van der Waals surface area (Å²) in [6.45, 7) is 12.0. The molecule has 0 aliphatic carbocycles. The van der Waals surface area contributed by atoms with E-state index in [4.69, 9.17) is 9.47 Å². The van der Waals surface area contributed by atoms with Gasteiger partial charge in [0.25, 0.3) is 5.91 Å². The van der Waals surface area contributed by atoms with E-state index in [-0.39, 0.29) is 30.9 Å². The minimum Gasteiger partial charge on any atom is -0.497 e. The fourth-order valence-electron chi connectivity index (χ4n) is 7.80. The van der Waals surface area contributed by atoms with Gasteiger partial charge < -0.3 is 28.5 Å². The van der Waals surface area contributed by atoms with Gasteiger partial charge in [-0.25, -0.2) is 0 Å². The molecule has 46 heavy (non-hydrogen) atoms. The van der Waals surface area contributed by atoms with Gasteiger partial charge in [-0.2, -0.15) is 0 Å². The number of benzene rings is 2. The van der Waals surface area contributed by atoms with Crippen molar-refractivity contribution >= 4 is 25.9 Å². The van der Waals surface area contributed by atoms with Crippen LogP contribution in [0, 0.1) is 5.92 Å². The van der Waals surface area contributed by atoms with Crippen molar-refractivity contribution in [1.29, 1.82) is 0 Å². The summed E-state index contributed by atoms with van der Waals surface area (Å²) in [5.41, 5.74) is 3.97.